The molecule has 0 saturated carbocycles. The van der Waals surface area contributed by atoms with Crippen LogP contribution in [0.25, 0.3) is 0 Å². The summed E-state index contributed by atoms with van der Waals surface area (Å²) in [6.45, 7) is 7.81. The van der Waals surface area contributed by atoms with Crippen LogP contribution in [-0.4, -0.2) is 65.2 Å². The van der Waals surface area contributed by atoms with Crippen molar-refractivity contribution in [3.63, 3.8) is 0 Å². The maximum absolute atomic E-state index is 14.0. The number of hydrogen-bond acceptors (Lipinski definition) is 5. The van der Waals surface area contributed by atoms with E-state index in [1.165, 1.54) is 0 Å². The first kappa shape index (κ1) is 24.9. The minimum absolute atomic E-state index is 0.0461. The third-order valence-electron chi connectivity index (χ3n) is 7.27. The van der Waals surface area contributed by atoms with Crippen LogP contribution in [-0.2, 0) is 23.2 Å². The Morgan fingerprint density at radius 2 is 1.76 bits per heavy atom. The van der Waals surface area contributed by atoms with Gasteiger partial charge >= 0.3 is 0 Å². The molecule has 0 aliphatic carbocycles. The maximum Gasteiger partial charge on any atom is 0.272 e. The van der Waals surface area contributed by atoms with Gasteiger partial charge in [0.15, 0.2) is 11.5 Å². The number of piperazine rings is 1. The van der Waals surface area contributed by atoms with Crippen molar-refractivity contribution in [2.75, 3.05) is 33.9 Å². The molecular weight excluding hydrogens is 468 g/mol. The number of methoxy groups -OCH3 is 2. The van der Waals surface area contributed by atoms with Crippen LogP contribution in [0.1, 0.15) is 59.7 Å². The van der Waals surface area contributed by atoms with E-state index < -0.39 is 0 Å². The molecule has 3 heterocycles. The summed E-state index contributed by atoms with van der Waals surface area (Å²) in [7, 11) is 3.22. The second-order valence-electron chi connectivity index (χ2n) is 10.8. The standard InChI is InChI=1S/C29H34N4O4/c1-29(2,3)26-15-22(33(30-26)16-19-9-7-6-8-10-19)28(35)31-17-23-21-14-25(37-5)24(36-4)13-20(21)11-12-32(23)27(34)18-31/h6-10,13-15,23H,11-12,16-18H2,1-5H3. The van der Waals surface area contributed by atoms with E-state index in [0.717, 1.165) is 28.8 Å². The predicted molar refractivity (Wildman–Crippen MR) is 140 cm³/mol. The number of ether oxygens (including phenoxy) is 2. The van der Waals surface area contributed by atoms with Gasteiger partial charge in [-0.1, -0.05) is 51.1 Å². The van der Waals surface area contributed by atoms with Crippen molar-refractivity contribution < 1.29 is 19.1 Å². The largest absolute Gasteiger partial charge is 0.493 e. The fourth-order valence-electron chi connectivity index (χ4n) is 5.20. The van der Waals surface area contributed by atoms with Gasteiger partial charge in [-0.2, -0.15) is 5.10 Å². The lowest BCUT2D eigenvalue weighted by molar-refractivity contribution is -0.139. The number of rotatable bonds is 5. The Kier molecular flexibility index (Phi) is 6.43. The van der Waals surface area contributed by atoms with Crippen LogP contribution in [0.3, 0.4) is 0 Å². The zero-order valence-electron chi connectivity index (χ0n) is 22.2. The molecule has 8 nitrogen and oxygen atoms in total. The maximum atomic E-state index is 14.0. The number of carbonyl (C=O) groups is 2. The minimum atomic E-state index is -0.235. The van der Waals surface area contributed by atoms with Crippen molar-refractivity contribution in [1.29, 1.82) is 0 Å². The van der Waals surface area contributed by atoms with Gasteiger partial charge in [-0.3, -0.25) is 14.3 Å². The summed E-state index contributed by atoms with van der Waals surface area (Å²) in [6, 6.07) is 15.6. The molecule has 5 rings (SSSR count). The molecule has 0 spiro atoms. The number of nitrogens with zero attached hydrogens (tertiary/aromatic N) is 4. The molecule has 2 amide bonds. The highest BCUT2D eigenvalue weighted by Crippen LogP contribution is 2.40. The molecule has 1 atom stereocenters. The Morgan fingerprint density at radius 3 is 2.43 bits per heavy atom. The number of benzene rings is 2. The number of carbonyl (C=O) groups excluding carboxylic acids is 2. The monoisotopic (exact) mass is 502 g/mol. The van der Waals surface area contributed by atoms with Crippen molar-refractivity contribution in [2.45, 2.75) is 45.2 Å². The fraction of sp³-hybridized carbons (Fsp3) is 0.414. The van der Waals surface area contributed by atoms with Gasteiger partial charge in [-0.25, -0.2) is 0 Å². The molecule has 2 aromatic carbocycles. The molecule has 8 heteroatoms. The van der Waals surface area contributed by atoms with Crippen LogP contribution in [0.2, 0.25) is 0 Å². The lowest BCUT2D eigenvalue weighted by Crippen LogP contribution is -2.55. The zero-order valence-corrected chi connectivity index (χ0v) is 22.2. The van der Waals surface area contributed by atoms with Crippen molar-refractivity contribution in [3.05, 3.63) is 76.6 Å². The number of hydrogen-bond donors (Lipinski definition) is 0. The average molecular weight is 503 g/mol. The van der Waals surface area contributed by atoms with E-state index in [0.29, 0.717) is 36.8 Å². The highest BCUT2D eigenvalue weighted by Gasteiger charge is 2.40. The van der Waals surface area contributed by atoms with Gasteiger partial charge in [-0.05, 0) is 41.3 Å². The first-order valence-corrected chi connectivity index (χ1v) is 12.7. The highest BCUT2D eigenvalue weighted by atomic mass is 16.5. The van der Waals surface area contributed by atoms with E-state index in [9.17, 15) is 9.59 Å². The number of aromatic nitrogens is 2. The molecular formula is C29H34N4O4. The summed E-state index contributed by atoms with van der Waals surface area (Å²) in [6.07, 6.45) is 0.741. The molecule has 194 valence electrons. The van der Waals surface area contributed by atoms with Crippen LogP contribution in [0.4, 0.5) is 0 Å². The van der Waals surface area contributed by atoms with E-state index in [-0.39, 0.29) is 29.8 Å². The number of amides is 2. The second-order valence-corrected chi connectivity index (χ2v) is 10.8. The third-order valence-corrected chi connectivity index (χ3v) is 7.27. The highest BCUT2D eigenvalue weighted by molar-refractivity contribution is 5.96. The second kappa shape index (κ2) is 9.57. The molecule has 1 unspecified atom stereocenters. The molecule has 0 N–H and O–H groups in total. The molecule has 37 heavy (non-hydrogen) atoms. The molecule has 1 aromatic heterocycles. The average Bonchev–Trinajstić information content (AvgIpc) is 3.32. The molecule has 2 aliphatic heterocycles. The summed E-state index contributed by atoms with van der Waals surface area (Å²) in [5.74, 6) is 1.06. The molecule has 1 saturated heterocycles. The summed E-state index contributed by atoms with van der Waals surface area (Å²) >= 11 is 0. The van der Waals surface area contributed by atoms with Crippen LogP contribution < -0.4 is 9.47 Å². The zero-order chi connectivity index (χ0) is 26.3. The summed E-state index contributed by atoms with van der Waals surface area (Å²) in [5, 5.41) is 4.81. The smallest absolute Gasteiger partial charge is 0.272 e. The third kappa shape index (κ3) is 4.68. The van der Waals surface area contributed by atoms with Gasteiger partial charge in [0.05, 0.1) is 32.5 Å². The van der Waals surface area contributed by atoms with Crippen molar-refractivity contribution in [3.8, 4) is 11.5 Å². The van der Waals surface area contributed by atoms with Crippen molar-refractivity contribution in [1.82, 2.24) is 19.6 Å². The lowest BCUT2D eigenvalue weighted by atomic mass is 9.90. The topological polar surface area (TPSA) is 76.9 Å². The Morgan fingerprint density at radius 1 is 1.05 bits per heavy atom. The molecule has 0 bridgehead atoms. The van der Waals surface area contributed by atoms with E-state index >= 15 is 0 Å². The summed E-state index contributed by atoms with van der Waals surface area (Å²) < 4.78 is 12.8. The number of fused-ring (bicyclic) bond motifs is 3. The Hall–Kier alpha value is -3.81. The van der Waals surface area contributed by atoms with E-state index in [4.69, 9.17) is 14.6 Å². The molecule has 3 aromatic rings. The van der Waals surface area contributed by atoms with Gasteiger partial charge in [0.2, 0.25) is 5.91 Å². The van der Waals surface area contributed by atoms with Crippen LogP contribution >= 0.6 is 0 Å². The lowest BCUT2D eigenvalue weighted by Gasteiger charge is -2.44. The first-order chi connectivity index (χ1) is 17.7. The SMILES string of the molecule is COc1cc2c(cc1OC)C1CN(C(=O)c3cc(C(C)(C)C)nn3Cc3ccccc3)CC(=O)N1CC2. The minimum Gasteiger partial charge on any atom is -0.493 e. The van der Waals surface area contributed by atoms with Crippen molar-refractivity contribution >= 4 is 11.8 Å². The fourth-order valence-corrected chi connectivity index (χ4v) is 5.20. The Balaban J connectivity index is 1.49. The predicted octanol–water partition coefficient (Wildman–Crippen LogP) is 3.83. The molecule has 0 radical (unpaired) electrons. The quantitative estimate of drug-likeness (QED) is 0.530. The van der Waals surface area contributed by atoms with Gasteiger partial charge in [-0.15, -0.1) is 0 Å². The van der Waals surface area contributed by atoms with Crippen LogP contribution in [0.15, 0.2) is 48.5 Å². The van der Waals surface area contributed by atoms with Crippen LogP contribution in [0, 0.1) is 0 Å². The Bertz CT molecular complexity index is 1330. The van der Waals surface area contributed by atoms with Crippen molar-refractivity contribution in [2.24, 2.45) is 0 Å². The molecule has 1 fully saturated rings. The van der Waals surface area contributed by atoms with Gasteiger partial charge in [0, 0.05) is 18.5 Å². The van der Waals surface area contributed by atoms with E-state index in [2.05, 4.69) is 20.8 Å². The first-order valence-electron chi connectivity index (χ1n) is 12.7. The van der Waals surface area contributed by atoms with Crippen LogP contribution in [0.5, 0.6) is 11.5 Å². The Labute approximate surface area is 217 Å². The normalized spacial score (nSPS) is 17.3. The van der Waals surface area contributed by atoms with E-state index in [1.807, 2.05) is 53.4 Å². The summed E-state index contributed by atoms with van der Waals surface area (Å²) in [4.78, 5) is 30.8. The molecule has 2 aliphatic rings. The van der Waals surface area contributed by atoms with Gasteiger partial charge in [0.1, 0.15) is 12.2 Å². The van der Waals surface area contributed by atoms with Gasteiger partial charge < -0.3 is 19.3 Å². The summed E-state index contributed by atoms with van der Waals surface area (Å²) in [5.41, 5.74) is 4.30. The van der Waals surface area contributed by atoms with Gasteiger partial charge in [0.25, 0.3) is 5.91 Å². The van der Waals surface area contributed by atoms with E-state index in [1.54, 1.807) is 23.8 Å².